The molecule has 76 valence electrons. The summed E-state index contributed by atoms with van der Waals surface area (Å²) in [5.74, 6) is -1.16. The molecule has 0 aliphatic carbocycles. The molecule has 13 heavy (non-hydrogen) atoms. The molecule has 0 saturated heterocycles. The Kier molecular flexibility index (Phi) is 6.36. The third kappa shape index (κ3) is 3.52. The first-order chi connectivity index (χ1) is 5.34. The molecule has 0 aliphatic heterocycles. The molecule has 0 aromatic carbocycles. The van der Waals surface area contributed by atoms with Crippen LogP contribution in [0.4, 0.5) is 0 Å². The van der Waals surface area contributed by atoms with Gasteiger partial charge in [0, 0.05) is 29.5 Å². The van der Waals surface area contributed by atoms with E-state index in [1.807, 2.05) is 0 Å². The van der Waals surface area contributed by atoms with Crippen molar-refractivity contribution in [1.82, 2.24) is 5.06 Å². The quantitative estimate of drug-likeness (QED) is 0.257. The Morgan fingerprint density at radius 1 is 1.46 bits per heavy atom. The van der Waals surface area contributed by atoms with Gasteiger partial charge >= 0.3 is 0 Å². The second-order valence-corrected chi connectivity index (χ2v) is 3.17. The van der Waals surface area contributed by atoms with Gasteiger partial charge in [-0.05, 0) is 13.8 Å². The van der Waals surface area contributed by atoms with E-state index in [2.05, 4.69) is 12.2 Å². The minimum absolute atomic E-state index is 0. The molecule has 0 bridgehead atoms. The third-order valence-corrected chi connectivity index (χ3v) is 1.77. The van der Waals surface area contributed by atoms with Gasteiger partial charge in [-0.3, -0.25) is 14.8 Å². The summed E-state index contributed by atoms with van der Waals surface area (Å²) in [5, 5.41) is 10.1. The molecule has 1 N–H and O–H groups in total. The Balaban J connectivity index is 0. The van der Waals surface area contributed by atoms with Crippen LogP contribution in [0, 0.1) is 5.41 Å². The van der Waals surface area contributed by atoms with E-state index >= 15 is 0 Å². The summed E-state index contributed by atoms with van der Waals surface area (Å²) in [6.07, 6.45) is 0. The van der Waals surface area contributed by atoms with Gasteiger partial charge in [0.1, 0.15) is 5.41 Å². The number of amides is 1. The van der Waals surface area contributed by atoms with Gasteiger partial charge in [-0.1, -0.05) is 12.2 Å². The third-order valence-electron chi connectivity index (χ3n) is 1.55. The average molecular weight is 245 g/mol. The van der Waals surface area contributed by atoms with Gasteiger partial charge in [-0.2, -0.15) is 0 Å². The van der Waals surface area contributed by atoms with E-state index in [1.165, 1.54) is 20.9 Å². The van der Waals surface area contributed by atoms with Crippen molar-refractivity contribution in [2.24, 2.45) is 5.41 Å². The zero-order chi connectivity index (χ0) is 9.94. The maximum absolute atomic E-state index is 11.2. The Morgan fingerprint density at radius 2 is 1.85 bits per heavy atom. The number of rotatable bonds is 3. The monoisotopic (exact) mass is 245 g/mol. The van der Waals surface area contributed by atoms with Gasteiger partial charge in [-0.15, -0.1) is 0 Å². The van der Waals surface area contributed by atoms with Crippen LogP contribution in [0.25, 0.3) is 0 Å². The maximum atomic E-state index is 11.2. The molecule has 0 aliphatic rings. The number of hydrogen-bond acceptors (Lipinski definition) is 4. The Labute approximate surface area is 92.7 Å². The van der Waals surface area contributed by atoms with Gasteiger partial charge in [0.05, 0.1) is 0 Å². The number of Topliss-reactive ketones (excluding diaryl/α,β-unsaturated/α-hetero) is 1. The summed E-state index contributed by atoms with van der Waals surface area (Å²) in [4.78, 5) is 22.2. The first kappa shape index (κ1) is 15.2. The number of carbonyl (C=O) groups is 2. The fourth-order valence-electron chi connectivity index (χ4n) is 0.657. The molecule has 0 radical (unpaired) electrons. The summed E-state index contributed by atoms with van der Waals surface area (Å²) in [6.45, 7) is 2.82. The van der Waals surface area contributed by atoms with Crippen molar-refractivity contribution in [3.05, 3.63) is 0 Å². The number of thiocarbonyl (C=S) groups is 1. The summed E-state index contributed by atoms with van der Waals surface area (Å²) < 4.78 is 0. The Morgan fingerprint density at radius 3 is 2.08 bits per heavy atom. The van der Waals surface area contributed by atoms with E-state index in [9.17, 15) is 9.59 Å². The van der Waals surface area contributed by atoms with E-state index in [4.69, 9.17) is 5.21 Å². The molecular weight excluding hydrogens is 234 g/mol. The second kappa shape index (κ2) is 5.44. The number of hydroxylamine groups is 2. The predicted molar refractivity (Wildman–Crippen MR) is 47.0 cm³/mol. The van der Waals surface area contributed by atoms with Crippen LogP contribution in [0.5, 0.6) is 0 Å². The molecule has 0 saturated carbocycles. The number of hydrogen-bond donors (Lipinski definition) is 1. The summed E-state index contributed by atoms with van der Waals surface area (Å²) in [6, 6.07) is 0. The number of nitrogens with zero attached hydrogens (tertiary/aromatic N) is 1. The van der Waals surface area contributed by atoms with Crippen molar-refractivity contribution in [1.29, 1.82) is 0 Å². The molecule has 0 rings (SSSR count). The molecule has 0 aromatic heterocycles. The van der Waals surface area contributed by atoms with Gasteiger partial charge in [0.25, 0.3) is 5.91 Å². The minimum atomic E-state index is -1.27. The first-order valence-corrected chi connectivity index (χ1v) is 3.77. The van der Waals surface area contributed by atoms with Crippen LogP contribution in [-0.4, -0.2) is 34.4 Å². The molecule has 4 nitrogen and oxygen atoms in total. The molecule has 6 heteroatoms. The molecular formula is C7H11FeNO3S. The summed E-state index contributed by atoms with van der Waals surface area (Å²) in [7, 11) is 1.17. The van der Waals surface area contributed by atoms with Crippen molar-refractivity contribution in [2.45, 2.75) is 13.8 Å². The predicted octanol–water partition coefficient (Wildman–Crippen LogP) is 0.426. The smallest absolute Gasteiger partial charge is 0.259 e. The maximum Gasteiger partial charge on any atom is 0.259 e. The van der Waals surface area contributed by atoms with Crippen molar-refractivity contribution >= 4 is 29.3 Å². The van der Waals surface area contributed by atoms with E-state index < -0.39 is 17.1 Å². The summed E-state index contributed by atoms with van der Waals surface area (Å²) >= 11 is 4.40. The Bertz CT molecular complexity index is 228. The normalized spacial score (nSPS) is 9.85. The first-order valence-electron chi connectivity index (χ1n) is 3.30. The van der Waals surface area contributed by atoms with E-state index in [-0.39, 0.29) is 17.1 Å². The molecule has 0 atom stereocenters. The van der Waals surface area contributed by atoms with Crippen LogP contribution < -0.4 is 0 Å². The molecule has 0 spiro atoms. The number of ketones is 1. The van der Waals surface area contributed by atoms with E-state index in [0.29, 0.717) is 5.06 Å². The van der Waals surface area contributed by atoms with Crippen molar-refractivity contribution in [3.63, 3.8) is 0 Å². The van der Waals surface area contributed by atoms with Gasteiger partial charge in [0.15, 0.2) is 5.78 Å². The molecule has 0 fully saturated rings. The van der Waals surface area contributed by atoms with Gasteiger partial charge < -0.3 is 0 Å². The minimum Gasteiger partial charge on any atom is -0.293 e. The van der Waals surface area contributed by atoms with Gasteiger partial charge in [-0.25, -0.2) is 5.06 Å². The average Bonchev–Trinajstić information content (AvgIpc) is 2.01. The van der Waals surface area contributed by atoms with Crippen LogP contribution in [-0.2, 0) is 26.7 Å². The van der Waals surface area contributed by atoms with Crippen LogP contribution in [0.15, 0.2) is 0 Å². The standard InChI is InChI=1S/C7H11NO3S.Fe/c1-7(2,5(9)4-12)6(10)8(3)11;/h4,11H,1-3H3;. The van der Waals surface area contributed by atoms with Crippen LogP contribution >= 0.6 is 12.2 Å². The van der Waals surface area contributed by atoms with E-state index in [0.717, 1.165) is 5.37 Å². The van der Waals surface area contributed by atoms with Crippen molar-refractivity contribution in [3.8, 4) is 0 Å². The SMILES string of the molecule is CN(O)C(=O)C(C)(C)C(=O)C=S.[Fe]. The molecule has 0 aromatic rings. The largest absolute Gasteiger partial charge is 0.293 e. The van der Waals surface area contributed by atoms with Crippen molar-refractivity contribution in [2.75, 3.05) is 7.05 Å². The topological polar surface area (TPSA) is 57.6 Å². The Hall–Kier alpha value is -0.291. The van der Waals surface area contributed by atoms with Gasteiger partial charge in [0.2, 0.25) is 0 Å². The molecule has 1 amide bonds. The summed E-state index contributed by atoms with van der Waals surface area (Å²) in [5.41, 5.74) is -1.27. The fourth-order valence-corrected chi connectivity index (χ4v) is 0.952. The zero-order valence-electron chi connectivity index (χ0n) is 7.55. The molecule has 0 heterocycles. The zero-order valence-corrected chi connectivity index (χ0v) is 9.47. The number of carbonyl (C=O) groups excluding carboxylic acids is 2. The molecule has 0 unspecified atom stereocenters. The van der Waals surface area contributed by atoms with E-state index in [1.54, 1.807) is 0 Å². The van der Waals surface area contributed by atoms with Crippen LogP contribution in [0.3, 0.4) is 0 Å². The van der Waals surface area contributed by atoms with Crippen LogP contribution in [0.1, 0.15) is 13.8 Å². The fraction of sp³-hybridized carbons (Fsp3) is 0.571. The van der Waals surface area contributed by atoms with Crippen LogP contribution in [0.2, 0.25) is 0 Å². The van der Waals surface area contributed by atoms with Crippen molar-refractivity contribution < 1.29 is 31.9 Å². The second-order valence-electron chi connectivity index (χ2n) is 2.94.